The Balaban J connectivity index is 1.79. The highest BCUT2D eigenvalue weighted by atomic mass is 19.1. The van der Waals surface area contributed by atoms with Gasteiger partial charge in [-0.3, -0.25) is 14.6 Å². The Morgan fingerprint density at radius 3 is 2.46 bits per heavy atom. The summed E-state index contributed by atoms with van der Waals surface area (Å²) >= 11 is 0. The van der Waals surface area contributed by atoms with E-state index in [4.69, 9.17) is 4.74 Å². The summed E-state index contributed by atoms with van der Waals surface area (Å²) in [5.41, 5.74) is 1.87. The number of carbonyl (C=O) groups is 2. The minimum Gasteiger partial charge on any atom is -0.497 e. The first-order valence-electron chi connectivity index (χ1n) is 10.9. The van der Waals surface area contributed by atoms with Gasteiger partial charge in [0.1, 0.15) is 23.3 Å². The van der Waals surface area contributed by atoms with Crippen LogP contribution in [0.5, 0.6) is 5.75 Å². The molecule has 35 heavy (non-hydrogen) atoms. The Labute approximate surface area is 202 Å². The summed E-state index contributed by atoms with van der Waals surface area (Å²) in [7, 11) is 1.53. The maximum absolute atomic E-state index is 13.7. The molecule has 1 N–H and O–H groups in total. The first-order chi connectivity index (χ1) is 17.0. The van der Waals surface area contributed by atoms with Gasteiger partial charge in [-0.25, -0.2) is 9.37 Å². The SMILES string of the molecule is COc1cccc([C@H](C(=O)Nc2ccc(F)cc2)N(Cc2ccccc2)C(=O)c2cnccn2)c1. The minimum absolute atomic E-state index is 0.103. The molecular formula is C27H23FN4O3. The predicted molar refractivity (Wildman–Crippen MR) is 129 cm³/mol. The molecule has 0 aliphatic carbocycles. The Kier molecular flexibility index (Phi) is 7.42. The lowest BCUT2D eigenvalue weighted by Gasteiger charge is -2.31. The third-order valence-corrected chi connectivity index (χ3v) is 5.32. The smallest absolute Gasteiger partial charge is 0.275 e. The Bertz CT molecular complexity index is 1280. The number of rotatable bonds is 8. The number of benzene rings is 3. The van der Waals surface area contributed by atoms with Crippen molar-refractivity contribution in [1.82, 2.24) is 14.9 Å². The monoisotopic (exact) mass is 470 g/mol. The maximum Gasteiger partial charge on any atom is 0.275 e. The number of carbonyl (C=O) groups excluding carboxylic acids is 2. The molecule has 0 unspecified atom stereocenters. The van der Waals surface area contributed by atoms with E-state index in [0.717, 1.165) is 5.56 Å². The number of halogens is 1. The first-order valence-corrected chi connectivity index (χ1v) is 10.9. The van der Waals surface area contributed by atoms with Gasteiger partial charge < -0.3 is 15.0 Å². The van der Waals surface area contributed by atoms with E-state index in [1.54, 1.807) is 24.3 Å². The van der Waals surface area contributed by atoms with E-state index in [9.17, 15) is 14.0 Å². The molecule has 3 aromatic carbocycles. The highest BCUT2D eigenvalue weighted by molar-refractivity contribution is 6.00. The van der Waals surface area contributed by atoms with Crippen LogP contribution in [0.4, 0.5) is 10.1 Å². The summed E-state index contributed by atoms with van der Waals surface area (Å²) < 4.78 is 18.8. The zero-order valence-electron chi connectivity index (χ0n) is 19.0. The molecule has 2 amide bonds. The number of nitrogens with zero attached hydrogens (tertiary/aromatic N) is 3. The van der Waals surface area contributed by atoms with Gasteiger partial charge >= 0.3 is 0 Å². The molecule has 7 nitrogen and oxygen atoms in total. The molecule has 1 atom stereocenters. The number of ether oxygens (including phenoxy) is 1. The number of anilines is 1. The maximum atomic E-state index is 13.7. The van der Waals surface area contributed by atoms with Crippen LogP contribution in [0, 0.1) is 5.82 Å². The second kappa shape index (κ2) is 11.0. The average Bonchev–Trinajstić information content (AvgIpc) is 2.90. The molecule has 1 aromatic heterocycles. The van der Waals surface area contributed by atoms with Crippen molar-refractivity contribution in [3.63, 3.8) is 0 Å². The first kappa shape index (κ1) is 23.6. The lowest BCUT2D eigenvalue weighted by atomic mass is 10.0. The molecule has 4 rings (SSSR count). The summed E-state index contributed by atoms with van der Waals surface area (Å²) in [5, 5.41) is 2.80. The quantitative estimate of drug-likeness (QED) is 0.405. The van der Waals surface area contributed by atoms with Gasteiger partial charge in [0.05, 0.1) is 13.3 Å². The number of aromatic nitrogens is 2. The molecule has 1 heterocycles. The number of hydrogen-bond acceptors (Lipinski definition) is 5. The van der Waals surface area contributed by atoms with Gasteiger partial charge in [0.15, 0.2) is 0 Å². The number of amides is 2. The average molecular weight is 471 g/mol. The van der Waals surface area contributed by atoms with Crippen molar-refractivity contribution < 1.29 is 18.7 Å². The Hall–Kier alpha value is -4.59. The lowest BCUT2D eigenvalue weighted by Crippen LogP contribution is -2.41. The number of nitrogens with one attached hydrogen (secondary N) is 1. The van der Waals surface area contributed by atoms with Gasteiger partial charge in [-0.1, -0.05) is 42.5 Å². The molecule has 176 valence electrons. The van der Waals surface area contributed by atoms with Crippen LogP contribution >= 0.6 is 0 Å². The molecule has 0 aliphatic heterocycles. The van der Waals surface area contributed by atoms with E-state index in [0.29, 0.717) is 17.0 Å². The van der Waals surface area contributed by atoms with Gasteiger partial charge in [-0.2, -0.15) is 0 Å². The van der Waals surface area contributed by atoms with Crippen molar-refractivity contribution in [2.24, 2.45) is 0 Å². The summed E-state index contributed by atoms with van der Waals surface area (Å²) in [6.07, 6.45) is 4.26. The minimum atomic E-state index is -1.05. The molecule has 0 aliphatic rings. The van der Waals surface area contributed by atoms with Crippen molar-refractivity contribution >= 4 is 17.5 Å². The molecule has 8 heteroatoms. The fourth-order valence-electron chi connectivity index (χ4n) is 3.65. The molecular weight excluding hydrogens is 447 g/mol. The molecule has 0 saturated carbocycles. The highest BCUT2D eigenvalue weighted by Gasteiger charge is 2.33. The number of methoxy groups -OCH3 is 1. The Morgan fingerprint density at radius 1 is 1.00 bits per heavy atom. The molecule has 0 radical (unpaired) electrons. The van der Waals surface area contributed by atoms with E-state index in [-0.39, 0.29) is 12.2 Å². The molecule has 4 aromatic rings. The zero-order valence-corrected chi connectivity index (χ0v) is 19.0. The van der Waals surface area contributed by atoms with Gasteiger partial charge in [0.2, 0.25) is 0 Å². The topological polar surface area (TPSA) is 84.4 Å². The fraction of sp³-hybridized carbons (Fsp3) is 0.111. The van der Waals surface area contributed by atoms with Gasteiger partial charge in [-0.05, 0) is 47.5 Å². The standard InChI is InChI=1S/C27H23FN4O3/c1-35-23-9-5-8-20(16-23)25(26(33)31-22-12-10-21(28)11-13-22)32(18-19-6-3-2-4-7-19)27(34)24-17-29-14-15-30-24/h2-17,25H,18H2,1H3,(H,31,33)/t25-/m1/s1. The van der Waals surface area contributed by atoms with Crippen LogP contribution in [-0.4, -0.2) is 33.8 Å². The van der Waals surface area contributed by atoms with Gasteiger partial charge in [0.25, 0.3) is 11.8 Å². The predicted octanol–water partition coefficient (Wildman–Crippen LogP) is 4.65. The van der Waals surface area contributed by atoms with Crippen LogP contribution in [0.3, 0.4) is 0 Å². The zero-order chi connectivity index (χ0) is 24.6. The second-order valence-corrected chi connectivity index (χ2v) is 7.68. The van der Waals surface area contributed by atoms with E-state index in [1.165, 1.54) is 54.9 Å². The normalized spacial score (nSPS) is 11.4. The molecule has 0 fully saturated rings. The van der Waals surface area contributed by atoms with Crippen LogP contribution in [0.15, 0.2) is 97.5 Å². The Morgan fingerprint density at radius 2 is 1.77 bits per heavy atom. The van der Waals surface area contributed by atoms with Crippen molar-refractivity contribution in [3.8, 4) is 5.75 Å². The largest absolute Gasteiger partial charge is 0.497 e. The molecule has 0 saturated heterocycles. The summed E-state index contributed by atoms with van der Waals surface area (Å²) in [5.74, 6) is -0.827. The third kappa shape index (κ3) is 5.86. The van der Waals surface area contributed by atoms with Gasteiger partial charge in [0, 0.05) is 24.6 Å². The van der Waals surface area contributed by atoms with Crippen molar-refractivity contribution in [3.05, 3.63) is 120 Å². The van der Waals surface area contributed by atoms with Crippen molar-refractivity contribution in [2.45, 2.75) is 12.6 Å². The van der Waals surface area contributed by atoms with Crippen LogP contribution < -0.4 is 10.1 Å². The summed E-state index contributed by atoms with van der Waals surface area (Å²) in [6.45, 7) is 0.134. The second-order valence-electron chi connectivity index (χ2n) is 7.68. The van der Waals surface area contributed by atoms with Crippen LogP contribution in [0.1, 0.15) is 27.7 Å². The van der Waals surface area contributed by atoms with Crippen molar-refractivity contribution in [2.75, 3.05) is 12.4 Å². The van der Waals surface area contributed by atoms with Gasteiger partial charge in [-0.15, -0.1) is 0 Å². The van der Waals surface area contributed by atoms with E-state index >= 15 is 0 Å². The lowest BCUT2D eigenvalue weighted by molar-refractivity contribution is -0.121. The summed E-state index contributed by atoms with van der Waals surface area (Å²) in [6, 6.07) is 20.7. The van der Waals surface area contributed by atoms with Crippen molar-refractivity contribution in [1.29, 1.82) is 0 Å². The molecule has 0 bridgehead atoms. The third-order valence-electron chi connectivity index (χ3n) is 5.32. The van der Waals surface area contributed by atoms with Crippen LogP contribution in [-0.2, 0) is 11.3 Å². The van der Waals surface area contributed by atoms with E-state index in [1.807, 2.05) is 30.3 Å². The fourth-order valence-corrected chi connectivity index (χ4v) is 3.65. The van der Waals surface area contributed by atoms with E-state index in [2.05, 4.69) is 15.3 Å². The molecule has 0 spiro atoms. The number of hydrogen-bond donors (Lipinski definition) is 1. The summed E-state index contributed by atoms with van der Waals surface area (Å²) in [4.78, 5) is 37.0. The van der Waals surface area contributed by atoms with E-state index < -0.39 is 23.7 Å². The highest BCUT2D eigenvalue weighted by Crippen LogP contribution is 2.29. The van der Waals surface area contributed by atoms with Crippen LogP contribution in [0.2, 0.25) is 0 Å². The van der Waals surface area contributed by atoms with Crippen LogP contribution in [0.25, 0.3) is 0 Å².